The van der Waals surface area contributed by atoms with Crippen molar-refractivity contribution >= 4 is 28.5 Å². The Kier molecular flexibility index (Phi) is 4.34. The van der Waals surface area contributed by atoms with Crippen LogP contribution in [-0.2, 0) is 6.54 Å². The van der Waals surface area contributed by atoms with Gasteiger partial charge in [0, 0.05) is 25.0 Å². The number of hydrogen-bond acceptors (Lipinski definition) is 3. The first-order valence-corrected chi connectivity index (χ1v) is 6.72. The molecule has 1 amide bonds. The van der Waals surface area contributed by atoms with E-state index in [2.05, 4.69) is 43.2 Å². The highest BCUT2D eigenvalue weighted by Crippen LogP contribution is 2.07. The van der Waals surface area contributed by atoms with Crippen LogP contribution in [0.15, 0.2) is 18.5 Å². The van der Waals surface area contributed by atoms with Crippen molar-refractivity contribution in [2.75, 3.05) is 6.54 Å². The van der Waals surface area contributed by atoms with Crippen LogP contribution in [0.2, 0.25) is 0 Å². The van der Waals surface area contributed by atoms with Gasteiger partial charge in [-0.25, -0.2) is 0 Å². The fourth-order valence-corrected chi connectivity index (χ4v) is 2.09. The largest absolute Gasteiger partial charge is 0.351 e. The smallest absolute Gasteiger partial charge is 0.270 e. The molecule has 0 atom stereocenters. The van der Waals surface area contributed by atoms with Crippen molar-refractivity contribution in [3.8, 4) is 0 Å². The summed E-state index contributed by atoms with van der Waals surface area (Å²) >= 11 is 2.08. The predicted octanol–water partition coefficient (Wildman–Crippen LogP) is 1.34. The summed E-state index contributed by atoms with van der Waals surface area (Å²) in [6.07, 6.45) is 4.25. The van der Waals surface area contributed by atoms with E-state index in [9.17, 15) is 4.79 Å². The molecule has 0 radical (unpaired) electrons. The van der Waals surface area contributed by atoms with Gasteiger partial charge in [-0.15, -0.1) is 0 Å². The highest BCUT2D eigenvalue weighted by atomic mass is 127. The number of amides is 1. The van der Waals surface area contributed by atoms with Crippen LogP contribution in [-0.4, -0.2) is 32.4 Å². The van der Waals surface area contributed by atoms with E-state index < -0.39 is 0 Å². The Bertz CT molecular complexity index is 533. The van der Waals surface area contributed by atoms with Gasteiger partial charge >= 0.3 is 0 Å². The minimum Gasteiger partial charge on any atom is -0.351 e. The lowest BCUT2D eigenvalue weighted by molar-refractivity contribution is 0.0946. The maximum Gasteiger partial charge on any atom is 0.270 e. The second-order valence-corrected chi connectivity index (χ2v) is 5.06. The van der Waals surface area contributed by atoms with Gasteiger partial charge in [-0.1, -0.05) is 0 Å². The monoisotopic (exact) mass is 359 g/mol. The van der Waals surface area contributed by atoms with Crippen LogP contribution in [0.4, 0.5) is 0 Å². The lowest BCUT2D eigenvalue weighted by Crippen LogP contribution is -2.26. The Morgan fingerprint density at radius 2 is 2.44 bits per heavy atom. The molecule has 18 heavy (non-hydrogen) atoms. The van der Waals surface area contributed by atoms with Crippen molar-refractivity contribution in [3.05, 3.63) is 33.4 Å². The molecule has 96 valence electrons. The Hall–Kier alpha value is -1.38. The summed E-state index contributed by atoms with van der Waals surface area (Å²) in [6.45, 7) is 3.44. The lowest BCUT2D eigenvalue weighted by Gasteiger charge is -2.06. The number of carbonyl (C=O) groups is 1. The van der Waals surface area contributed by atoms with Gasteiger partial charge in [-0.2, -0.15) is 10.2 Å². The summed E-state index contributed by atoms with van der Waals surface area (Å²) in [4.78, 5) is 11.7. The molecule has 2 aromatic heterocycles. The Morgan fingerprint density at radius 3 is 3.06 bits per heavy atom. The van der Waals surface area contributed by atoms with Gasteiger partial charge in [0.05, 0.1) is 9.77 Å². The van der Waals surface area contributed by atoms with E-state index in [1.54, 1.807) is 12.4 Å². The molecule has 0 spiro atoms. The summed E-state index contributed by atoms with van der Waals surface area (Å²) in [7, 11) is 0. The number of carbonyl (C=O) groups excluding carboxylic acids is 1. The van der Waals surface area contributed by atoms with Crippen molar-refractivity contribution in [2.45, 2.75) is 19.9 Å². The van der Waals surface area contributed by atoms with Crippen LogP contribution in [0, 0.1) is 10.5 Å². The molecule has 6 nitrogen and oxygen atoms in total. The van der Waals surface area contributed by atoms with Crippen LogP contribution >= 0.6 is 22.6 Å². The third-order valence-corrected chi connectivity index (χ3v) is 3.40. The van der Waals surface area contributed by atoms with Crippen molar-refractivity contribution < 1.29 is 4.79 Å². The van der Waals surface area contributed by atoms with E-state index in [4.69, 9.17) is 0 Å². The van der Waals surface area contributed by atoms with E-state index in [0.717, 1.165) is 22.2 Å². The third kappa shape index (κ3) is 3.09. The minimum atomic E-state index is -0.117. The molecule has 0 bridgehead atoms. The molecule has 2 rings (SSSR count). The molecule has 2 N–H and O–H groups in total. The molecule has 0 unspecified atom stereocenters. The maximum absolute atomic E-state index is 11.7. The van der Waals surface area contributed by atoms with Crippen LogP contribution in [0.3, 0.4) is 0 Å². The van der Waals surface area contributed by atoms with Gasteiger partial charge < -0.3 is 5.32 Å². The quantitative estimate of drug-likeness (QED) is 0.625. The maximum atomic E-state index is 11.7. The predicted molar refractivity (Wildman–Crippen MR) is 75.2 cm³/mol. The van der Waals surface area contributed by atoms with Gasteiger partial charge in [0.15, 0.2) is 0 Å². The summed E-state index contributed by atoms with van der Waals surface area (Å²) in [6, 6.07) is 1.96. The molecule has 0 saturated heterocycles. The van der Waals surface area contributed by atoms with Gasteiger partial charge in [0.25, 0.3) is 5.91 Å². The van der Waals surface area contributed by atoms with Crippen molar-refractivity contribution in [1.29, 1.82) is 0 Å². The minimum absolute atomic E-state index is 0.117. The molecule has 0 fully saturated rings. The third-order valence-electron chi connectivity index (χ3n) is 2.58. The summed E-state index contributed by atoms with van der Waals surface area (Å²) in [5, 5.41) is 13.5. The Labute approximate surface area is 118 Å². The number of aromatic nitrogens is 4. The number of H-pyrrole nitrogens is 1. The second kappa shape index (κ2) is 5.98. The topological polar surface area (TPSA) is 75.6 Å². The van der Waals surface area contributed by atoms with E-state index in [1.165, 1.54) is 0 Å². The molecule has 7 heteroatoms. The highest BCUT2D eigenvalue weighted by molar-refractivity contribution is 14.1. The Balaban J connectivity index is 1.75. The molecule has 2 heterocycles. The van der Waals surface area contributed by atoms with Crippen LogP contribution < -0.4 is 5.32 Å². The van der Waals surface area contributed by atoms with Gasteiger partial charge in [-0.05, 0) is 42.0 Å². The van der Waals surface area contributed by atoms with Gasteiger partial charge in [0.1, 0.15) is 5.69 Å². The van der Waals surface area contributed by atoms with E-state index in [1.807, 2.05) is 17.7 Å². The second-order valence-electron chi connectivity index (χ2n) is 3.90. The van der Waals surface area contributed by atoms with Gasteiger partial charge in [0.2, 0.25) is 0 Å². The molecule has 2 aromatic rings. The average molecular weight is 359 g/mol. The highest BCUT2D eigenvalue weighted by Gasteiger charge is 2.10. The SMILES string of the molecule is Cc1ccnn1CCCNC(=O)c1[nH]ncc1I. The number of nitrogens with one attached hydrogen (secondary N) is 2. The first-order chi connectivity index (χ1) is 8.68. The number of hydrogen-bond donors (Lipinski definition) is 2. The fourth-order valence-electron chi connectivity index (χ4n) is 1.58. The van der Waals surface area contributed by atoms with E-state index in [0.29, 0.717) is 12.2 Å². The van der Waals surface area contributed by atoms with Crippen molar-refractivity contribution in [1.82, 2.24) is 25.3 Å². The summed E-state index contributed by atoms with van der Waals surface area (Å²) in [5.41, 5.74) is 1.65. The van der Waals surface area contributed by atoms with Crippen LogP contribution in [0.1, 0.15) is 22.6 Å². The lowest BCUT2D eigenvalue weighted by atomic mass is 10.3. The normalized spacial score (nSPS) is 10.6. The van der Waals surface area contributed by atoms with Gasteiger partial charge in [-0.3, -0.25) is 14.6 Å². The van der Waals surface area contributed by atoms with Crippen molar-refractivity contribution in [3.63, 3.8) is 0 Å². The zero-order valence-electron chi connectivity index (χ0n) is 9.98. The van der Waals surface area contributed by atoms with Crippen molar-refractivity contribution in [2.24, 2.45) is 0 Å². The zero-order valence-corrected chi connectivity index (χ0v) is 12.1. The summed E-state index contributed by atoms with van der Waals surface area (Å²) in [5.74, 6) is -0.117. The average Bonchev–Trinajstić information content (AvgIpc) is 2.94. The zero-order chi connectivity index (χ0) is 13.0. The van der Waals surface area contributed by atoms with E-state index >= 15 is 0 Å². The number of aryl methyl sites for hydroxylation is 2. The molecule has 0 aliphatic rings. The summed E-state index contributed by atoms with van der Waals surface area (Å²) < 4.78 is 2.75. The Morgan fingerprint density at radius 1 is 1.61 bits per heavy atom. The fraction of sp³-hybridized carbons (Fsp3) is 0.364. The molecular formula is C11H14IN5O. The number of aromatic amines is 1. The standard InChI is InChI=1S/C11H14IN5O/c1-8-3-5-15-17(8)6-2-4-13-11(18)10-9(12)7-14-16-10/h3,5,7H,2,4,6H2,1H3,(H,13,18)(H,14,16). The number of nitrogens with zero attached hydrogens (tertiary/aromatic N) is 3. The molecule has 0 aromatic carbocycles. The van der Waals surface area contributed by atoms with E-state index in [-0.39, 0.29) is 5.91 Å². The van der Waals surface area contributed by atoms with Crippen LogP contribution in [0.25, 0.3) is 0 Å². The number of halogens is 1. The molecular weight excluding hydrogens is 345 g/mol. The first-order valence-electron chi connectivity index (χ1n) is 5.64. The molecule has 0 aliphatic heterocycles. The first kappa shape index (κ1) is 13.1. The molecule has 0 aliphatic carbocycles. The van der Waals surface area contributed by atoms with Crippen LogP contribution in [0.5, 0.6) is 0 Å². The number of rotatable bonds is 5. The molecule has 0 saturated carbocycles.